The van der Waals surface area contributed by atoms with E-state index in [0.717, 1.165) is 56.4 Å². The molecule has 1 heterocycles. The first-order valence-electron chi connectivity index (χ1n) is 8.31. The van der Waals surface area contributed by atoms with Crippen LogP contribution in [0, 0.1) is 0 Å². The Hall–Kier alpha value is -0.670. The molecule has 25 heavy (non-hydrogen) atoms. The van der Waals surface area contributed by atoms with E-state index in [4.69, 9.17) is 9.47 Å². The van der Waals surface area contributed by atoms with Crippen LogP contribution in [0.15, 0.2) is 29.3 Å². The van der Waals surface area contributed by atoms with E-state index in [-0.39, 0.29) is 28.7 Å². The van der Waals surface area contributed by atoms with Crippen molar-refractivity contribution in [2.75, 3.05) is 47.2 Å². The molecule has 0 amide bonds. The standard InChI is InChI=1S/C18H29N3O2S.HI/c1-19-17(20-14-18(24-4)9-11-23-12-10-18)21(2)13-15-7-5-6-8-16(15)22-3;/h5-8H,9-14H2,1-4H3,(H,19,20);1H. The molecule has 0 spiro atoms. The Balaban J connectivity index is 0.00000312. The summed E-state index contributed by atoms with van der Waals surface area (Å²) in [6.45, 7) is 3.34. The number of nitrogens with zero attached hydrogens (tertiary/aromatic N) is 2. The molecule has 0 bridgehead atoms. The number of para-hydroxylation sites is 1. The molecule has 7 heteroatoms. The van der Waals surface area contributed by atoms with Crippen LogP contribution in [-0.2, 0) is 11.3 Å². The van der Waals surface area contributed by atoms with E-state index >= 15 is 0 Å². The summed E-state index contributed by atoms with van der Waals surface area (Å²) in [5.41, 5.74) is 1.15. The SMILES string of the molecule is CN=C(NCC1(SC)CCOCC1)N(C)Cc1ccccc1OC.I. The van der Waals surface area contributed by atoms with Gasteiger partial charge in [0.25, 0.3) is 0 Å². The zero-order chi connectivity index (χ0) is 17.4. The molecule has 1 fully saturated rings. The normalized spacial score (nSPS) is 16.7. The summed E-state index contributed by atoms with van der Waals surface area (Å²) in [5, 5.41) is 3.55. The number of benzene rings is 1. The fourth-order valence-electron chi connectivity index (χ4n) is 2.99. The van der Waals surface area contributed by atoms with Crippen molar-refractivity contribution >= 4 is 41.7 Å². The topological polar surface area (TPSA) is 46.1 Å². The van der Waals surface area contributed by atoms with E-state index in [2.05, 4.69) is 34.6 Å². The van der Waals surface area contributed by atoms with Crippen molar-refractivity contribution in [2.45, 2.75) is 24.1 Å². The smallest absolute Gasteiger partial charge is 0.193 e. The second-order valence-corrected chi connectivity index (χ2v) is 7.34. The molecule has 2 rings (SSSR count). The van der Waals surface area contributed by atoms with Crippen molar-refractivity contribution in [1.29, 1.82) is 0 Å². The summed E-state index contributed by atoms with van der Waals surface area (Å²) in [4.78, 5) is 6.57. The number of hydrogen-bond acceptors (Lipinski definition) is 4. The zero-order valence-electron chi connectivity index (χ0n) is 15.6. The number of hydrogen-bond donors (Lipinski definition) is 1. The van der Waals surface area contributed by atoms with Crippen LogP contribution in [0.25, 0.3) is 0 Å². The lowest BCUT2D eigenvalue weighted by Crippen LogP contribution is -2.48. The highest BCUT2D eigenvalue weighted by molar-refractivity contribution is 14.0. The zero-order valence-corrected chi connectivity index (χ0v) is 18.7. The fraction of sp³-hybridized carbons (Fsp3) is 0.611. The Kier molecular flexibility index (Phi) is 9.96. The van der Waals surface area contributed by atoms with Gasteiger partial charge in [-0.1, -0.05) is 18.2 Å². The monoisotopic (exact) mass is 479 g/mol. The minimum absolute atomic E-state index is 0. The Labute approximate surface area is 173 Å². The molecule has 1 aromatic carbocycles. The molecule has 0 unspecified atom stereocenters. The van der Waals surface area contributed by atoms with Crippen LogP contribution in [0.4, 0.5) is 0 Å². The highest BCUT2D eigenvalue weighted by Crippen LogP contribution is 2.33. The maximum atomic E-state index is 5.52. The van der Waals surface area contributed by atoms with Gasteiger partial charge in [-0.05, 0) is 25.2 Å². The van der Waals surface area contributed by atoms with E-state index < -0.39 is 0 Å². The molecule has 5 nitrogen and oxygen atoms in total. The third kappa shape index (κ3) is 6.21. The molecule has 1 N–H and O–H groups in total. The summed E-state index contributed by atoms with van der Waals surface area (Å²) in [5.74, 6) is 1.81. The average Bonchev–Trinajstić information content (AvgIpc) is 2.63. The van der Waals surface area contributed by atoms with Gasteiger partial charge in [0.05, 0.1) is 7.11 Å². The Bertz CT molecular complexity index is 551. The summed E-state index contributed by atoms with van der Waals surface area (Å²) < 4.78 is 11.2. The molecule has 1 saturated heterocycles. The van der Waals surface area contributed by atoms with Crippen molar-refractivity contribution in [1.82, 2.24) is 10.2 Å². The maximum Gasteiger partial charge on any atom is 0.193 e. The van der Waals surface area contributed by atoms with Crippen LogP contribution < -0.4 is 10.1 Å². The van der Waals surface area contributed by atoms with Crippen LogP contribution in [0.5, 0.6) is 5.75 Å². The van der Waals surface area contributed by atoms with E-state index in [1.54, 1.807) is 7.11 Å². The number of nitrogens with one attached hydrogen (secondary N) is 1. The molecule has 1 aliphatic rings. The van der Waals surface area contributed by atoms with Crippen molar-refractivity contribution < 1.29 is 9.47 Å². The molecular weight excluding hydrogens is 449 g/mol. The molecule has 0 aromatic heterocycles. The van der Waals surface area contributed by atoms with Crippen LogP contribution in [0.2, 0.25) is 0 Å². The second-order valence-electron chi connectivity index (χ2n) is 6.07. The van der Waals surface area contributed by atoms with Crippen LogP contribution in [0.1, 0.15) is 18.4 Å². The van der Waals surface area contributed by atoms with Gasteiger partial charge in [-0.15, -0.1) is 24.0 Å². The van der Waals surface area contributed by atoms with Gasteiger partial charge in [-0.3, -0.25) is 4.99 Å². The molecule has 0 aliphatic carbocycles. The van der Waals surface area contributed by atoms with Crippen LogP contribution in [-0.4, -0.2) is 62.8 Å². The van der Waals surface area contributed by atoms with Crippen molar-refractivity contribution in [3.63, 3.8) is 0 Å². The van der Waals surface area contributed by atoms with Crippen molar-refractivity contribution in [3.05, 3.63) is 29.8 Å². The largest absolute Gasteiger partial charge is 0.496 e. The van der Waals surface area contributed by atoms with Gasteiger partial charge in [0, 0.05) is 50.7 Å². The Morgan fingerprint density at radius 2 is 2.04 bits per heavy atom. The van der Waals surface area contributed by atoms with Gasteiger partial charge in [0.15, 0.2) is 5.96 Å². The molecule has 1 aliphatic heterocycles. The minimum atomic E-state index is 0. The Morgan fingerprint density at radius 3 is 2.64 bits per heavy atom. The predicted molar refractivity (Wildman–Crippen MR) is 118 cm³/mol. The number of methoxy groups -OCH3 is 1. The first-order chi connectivity index (χ1) is 11.6. The summed E-state index contributed by atoms with van der Waals surface area (Å²) in [6, 6.07) is 8.10. The number of aliphatic imine (C=N–C) groups is 1. The number of rotatable bonds is 6. The lowest BCUT2D eigenvalue weighted by atomic mass is 9.99. The molecule has 0 atom stereocenters. The third-order valence-electron chi connectivity index (χ3n) is 4.58. The summed E-state index contributed by atoms with van der Waals surface area (Å²) in [7, 11) is 5.59. The van der Waals surface area contributed by atoms with E-state index in [9.17, 15) is 0 Å². The maximum absolute atomic E-state index is 5.52. The number of guanidine groups is 1. The van der Waals surface area contributed by atoms with E-state index in [1.807, 2.05) is 37.0 Å². The van der Waals surface area contributed by atoms with Gasteiger partial charge >= 0.3 is 0 Å². The fourth-order valence-corrected chi connectivity index (χ4v) is 3.78. The van der Waals surface area contributed by atoms with E-state index in [0.29, 0.717) is 0 Å². The first kappa shape index (κ1) is 22.4. The molecule has 142 valence electrons. The molecule has 1 aromatic rings. The minimum Gasteiger partial charge on any atom is -0.496 e. The van der Waals surface area contributed by atoms with Gasteiger partial charge < -0.3 is 19.7 Å². The quantitative estimate of drug-likeness (QED) is 0.386. The van der Waals surface area contributed by atoms with Crippen LogP contribution in [0.3, 0.4) is 0 Å². The number of ether oxygens (including phenoxy) is 2. The van der Waals surface area contributed by atoms with Gasteiger partial charge in [-0.2, -0.15) is 11.8 Å². The highest BCUT2D eigenvalue weighted by Gasteiger charge is 2.32. The molecule has 0 radical (unpaired) electrons. The summed E-state index contributed by atoms with van der Waals surface area (Å²) >= 11 is 1.93. The molecule has 0 saturated carbocycles. The van der Waals surface area contributed by atoms with Crippen molar-refractivity contribution in [3.8, 4) is 5.75 Å². The Morgan fingerprint density at radius 1 is 1.36 bits per heavy atom. The lowest BCUT2D eigenvalue weighted by Gasteiger charge is -2.37. The second kappa shape index (κ2) is 11.1. The van der Waals surface area contributed by atoms with Gasteiger partial charge in [0.2, 0.25) is 0 Å². The number of thioether (sulfide) groups is 1. The average molecular weight is 479 g/mol. The third-order valence-corrected chi connectivity index (χ3v) is 6.00. The molecular formula is C18H30IN3O2S. The lowest BCUT2D eigenvalue weighted by molar-refractivity contribution is 0.0781. The van der Waals surface area contributed by atoms with Gasteiger partial charge in [0.1, 0.15) is 5.75 Å². The van der Waals surface area contributed by atoms with Crippen LogP contribution >= 0.6 is 35.7 Å². The van der Waals surface area contributed by atoms with E-state index in [1.165, 1.54) is 0 Å². The van der Waals surface area contributed by atoms with Crippen molar-refractivity contribution in [2.24, 2.45) is 4.99 Å². The number of halogens is 1. The highest BCUT2D eigenvalue weighted by atomic mass is 127. The first-order valence-corrected chi connectivity index (χ1v) is 9.53. The summed E-state index contributed by atoms with van der Waals surface area (Å²) in [6.07, 6.45) is 4.34. The predicted octanol–water partition coefficient (Wildman–Crippen LogP) is 3.23. The van der Waals surface area contributed by atoms with Gasteiger partial charge in [-0.25, -0.2) is 0 Å².